The molecule has 0 radical (unpaired) electrons. The van der Waals surface area contributed by atoms with Gasteiger partial charge >= 0.3 is 0 Å². The lowest BCUT2D eigenvalue weighted by Gasteiger charge is -2.11. The number of halogens is 1. The Balaban J connectivity index is 2.31. The van der Waals surface area contributed by atoms with Gasteiger partial charge < -0.3 is 5.73 Å². The zero-order valence-corrected chi connectivity index (χ0v) is 11.7. The summed E-state index contributed by atoms with van der Waals surface area (Å²) >= 11 is 3.31. The van der Waals surface area contributed by atoms with Crippen molar-refractivity contribution in [1.29, 1.82) is 0 Å². The van der Waals surface area contributed by atoms with E-state index in [0.29, 0.717) is 6.54 Å². The van der Waals surface area contributed by atoms with Gasteiger partial charge in [-0.05, 0) is 48.2 Å². The van der Waals surface area contributed by atoms with Crippen molar-refractivity contribution in [2.45, 2.75) is 21.2 Å². The van der Waals surface area contributed by atoms with Crippen LogP contribution in [0.3, 0.4) is 0 Å². The predicted octanol–water partition coefficient (Wildman–Crippen LogP) is 4.16. The SMILES string of the molecule is CSc1cccc(Sc2ccc(F)cc2)c1CN. The summed E-state index contributed by atoms with van der Waals surface area (Å²) in [6, 6.07) is 12.7. The Morgan fingerprint density at radius 1 is 1.06 bits per heavy atom. The normalized spacial score (nSPS) is 10.6. The fraction of sp³-hybridized carbons (Fsp3) is 0.143. The molecule has 0 saturated heterocycles. The van der Waals surface area contributed by atoms with Gasteiger partial charge in [-0.15, -0.1) is 11.8 Å². The van der Waals surface area contributed by atoms with Crippen molar-refractivity contribution in [3.05, 3.63) is 53.8 Å². The third kappa shape index (κ3) is 3.07. The third-order valence-corrected chi connectivity index (χ3v) is 4.49. The average molecular weight is 279 g/mol. The molecule has 0 amide bonds. The van der Waals surface area contributed by atoms with Crippen molar-refractivity contribution in [3.8, 4) is 0 Å². The smallest absolute Gasteiger partial charge is 0.123 e. The number of thioether (sulfide) groups is 1. The molecule has 2 aromatic rings. The topological polar surface area (TPSA) is 26.0 Å². The molecule has 4 heteroatoms. The minimum absolute atomic E-state index is 0.212. The molecule has 0 spiro atoms. The Morgan fingerprint density at radius 3 is 2.33 bits per heavy atom. The van der Waals surface area contributed by atoms with Crippen LogP contribution in [0.2, 0.25) is 0 Å². The van der Waals surface area contributed by atoms with E-state index in [2.05, 4.69) is 12.1 Å². The van der Waals surface area contributed by atoms with E-state index in [4.69, 9.17) is 5.73 Å². The summed E-state index contributed by atoms with van der Waals surface area (Å²) in [6.45, 7) is 0.514. The number of hydrogen-bond donors (Lipinski definition) is 1. The minimum Gasteiger partial charge on any atom is -0.326 e. The Kier molecular flexibility index (Phi) is 4.69. The summed E-state index contributed by atoms with van der Waals surface area (Å²) in [4.78, 5) is 3.35. The monoisotopic (exact) mass is 279 g/mol. The van der Waals surface area contributed by atoms with Gasteiger partial charge in [0.25, 0.3) is 0 Å². The van der Waals surface area contributed by atoms with Crippen molar-refractivity contribution in [3.63, 3.8) is 0 Å². The van der Waals surface area contributed by atoms with Crippen LogP contribution in [0.4, 0.5) is 4.39 Å². The van der Waals surface area contributed by atoms with Crippen molar-refractivity contribution in [2.24, 2.45) is 5.73 Å². The molecule has 0 aromatic heterocycles. The fourth-order valence-corrected chi connectivity index (χ4v) is 3.37. The molecule has 0 fully saturated rings. The van der Waals surface area contributed by atoms with Gasteiger partial charge in [-0.1, -0.05) is 17.8 Å². The first kappa shape index (κ1) is 13.5. The number of hydrogen-bond acceptors (Lipinski definition) is 3. The summed E-state index contributed by atoms with van der Waals surface area (Å²) in [5.41, 5.74) is 6.97. The maximum absolute atomic E-state index is 12.9. The Labute approximate surface area is 115 Å². The zero-order chi connectivity index (χ0) is 13.0. The van der Waals surface area contributed by atoms with Gasteiger partial charge in [-0.3, -0.25) is 0 Å². The number of rotatable bonds is 4. The first-order valence-corrected chi connectivity index (χ1v) is 7.58. The predicted molar refractivity (Wildman–Crippen MR) is 76.6 cm³/mol. The van der Waals surface area contributed by atoms with Crippen LogP contribution in [0.15, 0.2) is 57.2 Å². The maximum Gasteiger partial charge on any atom is 0.123 e. The lowest BCUT2D eigenvalue weighted by Crippen LogP contribution is -2.00. The lowest BCUT2D eigenvalue weighted by atomic mass is 10.2. The van der Waals surface area contributed by atoms with E-state index in [-0.39, 0.29) is 5.82 Å². The molecule has 18 heavy (non-hydrogen) atoms. The van der Waals surface area contributed by atoms with Crippen molar-refractivity contribution in [2.75, 3.05) is 6.26 Å². The quantitative estimate of drug-likeness (QED) is 0.851. The first-order valence-electron chi connectivity index (χ1n) is 5.54. The molecule has 2 N–H and O–H groups in total. The lowest BCUT2D eigenvalue weighted by molar-refractivity contribution is 0.626. The molecule has 0 aliphatic rings. The zero-order valence-electron chi connectivity index (χ0n) is 10.0. The number of benzene rings is 2. The fourth-order valence-electron chi connectivity index (χ4n) is 1.66. The van der Waals surface area contributed by atoms with Crippen molar-refractivity contribution >= 4 is 23.5 Å². The van der Waals surface area contributed by atoms with Gasteiger partial charge in [0.15, 0.2) is 0 Å². The van der Waals surface area contributed by atoms with E-state index in [9.17, 15) is 4.39 Å². The summed E-state index contributed by atoms with van der Waals surface area (Å²) < 4.78 is 12.9. The van der Waals surface area contributed by atoms with Gasteiger partial charge in [0, 0.05) is 21.2 Å². The minimum atomic E-state index is -0.212. The second kappa shape index (κ2) is 6.27. The van der Waals surface area contributed by atoms with Gasteiger partial charge in [-0.25, -0.2) is 4.39 Å². The largest absolute Gasteiger partial charge is 0.326 e. The van der Waals surface area contributed by atoms with Crippen molar-refractivity contribution in [1.82, 2.24) is 0 Å². The molecule has 0 bridgehead atoms. The Bertz CT molecular complexity index is 526. The molecule has 0 aliphatic heterocycles. The Hall–Kier alpha value is -0.970. The standard InChI is InChI=1S/C14H14FNS2/c1-17-13-3-2-4-14(12(13)9-16)18-11-7-5-10(15)6-8-11/h2-8H,9,16H2,1H3. The van der Waals surface area contributed by atoms with Crippen LogP contribution in [0.1, 0.15) is 5.56 Å². The summed E-state index contributed by atoms with van der Waals surface area (Å²) in [7, 11) is 0. The van der Waals surface area contributed by atoms with E-state index in [1.54, 1.807) is 35.7 Å². The van der Waals surface area contributed by atoms with E-state index in [0.717, 1.165) is 15.4 Å². The molecular formula is C14H14FNS2. The molecule has 94 valence electrons. The van der Waals surface area contributed by atoms with Crippen LogP contribution in [-0.2, 0) is 6.54 Å². The molecule has 0 aliphatic carbocycles. The van der Waals surface area contributed by atoms with E-state index in [1.807, 2.05) is 12.3 Å². The van der Waals surface area contributed by atoms with Crippen LogP contribution < -0.4 is 5.73 Å². The number of nitrogens with two attached hydrogens (primary N) is 1. The van der Waals surface area contributed by atoms with E-state index < -0.39 is 0 Å². The van der Waals surface area contributed by atoms with Crippen LogP contribution in [0.5, 0.6) is 0 Å². The third-order valence-electron chi connectivity index (χ3n) is 2.56. The van der Waals surface area contributed by atoms with Gasteiger partial charge in [0.1, 0.15) is 5.82 Å². The highest BCUT2D eigenvalue weighted by Gasteiger charge is 2.07. The molecule has 0 heterocycles. The highest BCUT2D eigenvalue weighted by atomic mass is 32.2. The van der Waals surface area contributed by atoms with Gasteiger partial charge in [0.05, 0.1) is 0 Å². The molecule has 2 aromatic carbocycles. The Morgan fingerprint density at radius 2 is 1.72 bits per heavy atom. The second-order valence-corrected chi connectivity index (χ2v) is 5.66. The average Bonchev–Trinajstić information content (AvgIpc) is 2.41. The molecule has 0 saturated carbocycles. The molecule has 0 atom stereocenters. The highest BCUT2D eigenvalue weighted by Crippen LogP contribution is 2.34. The first-order chi connectivity index (χ1) is 8.74. The van der Waals surface area contributed by atoms with Crippen molar-refractivity contribution < 1.29 is 4.39 Å². The summed E-state index contributed by atoms with van der Waals surface area (Å²) in [5.74, 6) is -0.212. The van der Waals surface area contributed by atoms with E-state index >= 15 is 0 Å². The maximum atomic E-state index is 12.9. The van der Waals surface area contributed by atoms with E-state index in [1.165, 1.54) is 17.0 Å². The van der Waals surface area contributed by atoms with Crippen LogP contribution in [0.25, 0.3) is 0 Å². The van der Waals surface area contributed by atoms with Gasteiger partial charge in [0.2, 0.25) is 0 Å². The van der Waals surface area contributed by atoms with Gasteiger partial charge in [-0.2, -0.15) is 0 Å². The van der Waals surface area contributed by atoms with Crippen LogP contribution in [-0.4, -0.2) is 6.26 Å². The van der Waals surface area contributed by atoms with Crippen LogP contribution >= 0.6 is 23.5 Å². The second-order valence-electron chi connectivity index (χ2n) is 3.70. The molecule has 2 rings (SSSR count). The summed E-state index contributed by atoms with van der Waals surface area (Å²) in [5, 5.41) is 0. The van der Waals surface area contributed by atoms with Crippen LogP contribution in [0, 0.1) is 5.82 Å². The molecule has 1 nitrogen and oxygen atoms in total. The summed E-state index contributed by atoms with van der Waals surface area (Å²) in [6.07, 6.45) is 2.04. The highest BCUT2D eigenvalue weighted by molar-refractivity contribution is 8.00. The molecule has 0 unspecified atom stereocenters. The molecular weight excluding hydrogens is 265 g/mol.